The molecule has 33 heavy (non-hydrogen) atoms. The molecular weight excluding hydrogens is 456 g/mol. The quantitative estimate of drug-likeness (QED) is 0.296. The summed E-state index contributed by atoms with van der Waals surface area (Å²) < 4.78 is 5.35. The van der Waals surface area contributed by atoms with Crippen molar-refractivity contribution in [2.75, 3.05) is 5.75 Å². The molecule has 0 spiro atoms. The minimum absolute atomic E-state index is 0.0111. The van der Waals surface area contributed by atoms with E-state index < -0.39 is 23.5 Å². The van der Waals surface area contributed by atoms with Gasteiger partial charge in [0.15, 0.2) is 6.10 Å². The van der Waals surface area contributed by atoms with Gasteiger partial charge in [0.1, 0.15) is 21.7 Å². The number of ether oxygens (including phenoxy) is 1. The van der Waals surface area contributed by atoms with Crippen LogP contribution < -0.4 is 5.32 Å². The third-order valence-electron chi connectivity index (χ3n) is 5.71. The summed E-state index contributed by atoms with van der Waals surface area (Å²) in [5, 5.41) is 16.0. The molecule has 1 N–H and O–H groups in total. The van der Waals surface area contributed by atoms with Crippen LogP contribution in [0.25, 0.3) is 21.3 Å². The number of nitriles is 1. The summed E-state index contributed by atoms with van der Waals surface area (Å²) in [5.74, 6) is -0.942. The Morgan fingerprint density at radius 2 is 2.00 bits per heavy atom. The first-order valence-corrected chi connectivity index (χ1v) is 12.7. The van der Waals surface area contributed by atoms with Gasteiger partial charge in [-0.15, -0.1) is 11.3 Å². The minimum Gasteiger partial charge on any atom is -0.452 e. The highest BCUT2D eigenvalue weighted by atomic mass is 32.2. The van der Waals surface area contributed by atoms with Crippen molar-refractivity contribution < 1.29 is 14.3 Å². The van der Waals surface area contributed by atoms with E-state index in [4.69, 9.17) is 4.74 Å². The molecule has 1 unspecified atom stereocenters. The van der Waals surface area contributed by atoms with Gasteiger partial charge in [-0.05, 0) is 25.3 Å². The van der Waals surface area contributed by atoms with Gasteiger partial charge in [-0.25, -0.2) is 9.97 Å². The molecular formula is C24H24N4O3S2. The second-order valence-corrected chi connectivity index (χ2v) is 9.86. The van der Waals surface area contributed by atoms with Crippen LogP contribution in [0.15, 0.2) is 47.1 Å². The first-order chi connectivity index (χ1) is 16.0. The number of esters is 1. The standard InChI is InChI=1S/C24H24N4O3S2/c1-16(21(30)28-24(14-25)10-6-3-7-11-24)31-19(29)13-33-23-20-18(17-8-4-2-5-9-17)12-32-22(20)26-15-27-23/h2,4-5,8-9,12,15-16H,3,6-7,10-11,13H2,1H3,(H,28,30). The first kappa shape index (κ1) is 23.2. The van der Waals surface area contributed by atoms with Crippen LogP contribution in [0.1, 0.15) is 39.0 Å². The highest BCUT2D eigenvalue weighted by Gasteiger charge is 2.35. The summed E-state index contributed by atoms with van der Waals surface area (Å²) >= 11 is 2.79. The lowest BCUT2D eigenvalue weighted by Gasteiger charge is -2.32. The molecule has 1 amide bonds. The molecule has 0 bridgehead atoms. The number of nitrogens with one attached hydrogen (secondary N) is 1. The molecule has 9 heteroatoms. The number of benzene rings is 1. The van der Waals surface area contributed by atoms with Gasteiger partial charge in [-0.2, -0.15) is 5.26 Å². The van der Waals surface area contributed by atoms with Crippen molar-refractivity contribution in [3.05, 3.63) is 42.0 Å². The van der Waals surface area contributed by atoms with E-state index in [2.05, 4.69) is 21.4 Å². The van der Waals surface area contributed by atoms with E-state index in [9.17, 15) is 14.9 Å². The van der Waals surface area contributed by atoms with E-state index in [0.29, 0.717) is 17.9 Å². The van der Waals surface area contributed by atoms with Gasteiger partial charge >= 0.3 is 5.97 Å². The highest BCUT2D eigenvalue weighted by molar-refractivity contribution is 8.00. The third kappa shape index (κ3) is 5.34. The van der Waals surface area contributed by atoms with Gasteiger partial charge in [0.25, 0.3) is 5.91 Å². The van der Waals surface area contributed by atoms with Crippen molar-refractivity contribution in [1.82, 2.24) is 15.3 Å². The van der Waals surface area contributed by atoms with E-state index in [-0.39, 0.29) is 5.75 Å². The summed E-state index contributed by atoms with van der Waals surface area (Å²) in [7, 11) is 0. The Morgan fingerprint density at radius 3 is 2.73 bits per heavy atom. The van der Waals surface area contributed by atoms with Crippen LogP contribution in [0, 0.1) is 11.3 Å². The molecule has 1 fully saturated rings. The average Bonchev–Trinajstić information content (AvgIpc) is 3.28. The monoisotopic (exact) mass is 480 g/mol. The Balaban J connectivity index is 1.39. The van der Waals surface area contributed by atoms with Crippen molar-refractivity contribution in [3.63, 3.8) is 0 Å². The maximum Gasteiger partial charge on any atom is 0.317 e. The summed E-state index contributed by atoms with van der Waals surface area (Å²) in [6, 6.07) is 12.2. The Labute approximate surface area is 200 Å². The number of carbonyl (C=O) groups is 2. The average molecular weight is 481 g/mol. The van der Waals surface area contributed by atoms with Gasteiger partial charge < -0.3 is 10.1 Å². The molecule has 0 saturated heterocycles. The Morgan fingerprint density at radius 1 is 1.24 bits per heavy atom. The smallest absolute Gasteiger partial charge is 0.317 e. The molecule has 3 aromatic rings. The zero-order valence-electron chi connectivity index (χ0n) is 18.2. The summed E-state index contributed by atoms with van der Waals surface area (Å²) in [6.45, 7) is 1.53. The van der Waals surface area contributed by atoms with Gasteiger partial charge in [-0.1, -0.05) is 61.4 Å². The van der Waals surface area contributed by atoms with Crippen LogP contribution >= 0.6 is 23.1 Å². The van der Waals surface area contributed by atoms with E-state index in [0.717, 1.165) is 40.6 Å². The molecule has 170 valence electrons. The fourth-order valence-electron chi connectivity index (χ4n) is 3.96. The summed E-state index contributed by atoms with van der Waals surface area (Å²) in [4.78, 5) is 34.6. The van der Waals surface area contributed by atoms with E-state index in [1.165, 1.54) is 36.3 Å². The van der Waals surface area contributed by atoms with Crippen LogP contribution in [0.5, 0.6) is 0 Å². The van der Waals surface area contributed by atoms with Crippen molar-refractivity contribution in [2.24, 2.45) is 0 Å². The predicted molar refractivity (Wildman–Crippen MR) is 129 cm³/mol. The van der Waals surface area contributed by atoms with Crippen molar-refractivity contribution in [3.8, 4) is 17.2 Å². The lowest BCUT2D eigenvalue weighted by atomic mass is 9.83. The molecule has 1 aliphatic carbocycles. The number of aromatic nitrogens is 2. The molecule has 1 aromatic carbocycles. The topological polar surface area (TPSA) is 105 Å². The maximum atomic E-state index is 12.6. The van der Waals surface area contributed by atoms with Crippen LogP contribution in [0.3, 0.4) is 0 Å². The zero-order chi connectivity index (χ0) is 23.3. The van der Waals surface area contributed by atoms with Crippen LogP contribution in [0.4, 0.5) is 0 Å². The maximum absolute atomic E-state index is 12.6. The van der Waals surface area contributed by atoms with Gasteiger partial charge in [0.2, 0.25) is 0 Å². The fraction of sp³-hybridized carbons (Fsp3) is 0.375. The largest absolute Gasteiger partial charge is 0.452 e. The molecule has 4 rings (SSSR count). The molecule has 1 atom stereocenters. The number of amides is 1. The second-order valence-electron chi connectivity index (χ2n) is 8.04. The van der Waals surface area contributed by atoms with Crippen LogP contribution in [-0.2, 0) is 14.3 Å². The van der Waals surface area contributed by atoms with Gasteiger partial charge in [0.05, 0.1) is 17.2 Å². The summed E-state index contributed by atoms with van der Waals surface area (Å²) in [5.41, 5.74) is 1.22. The van der Waals surface area contributed by atoms with E-state index in [1.54, 1.807) is 0 Å². The number of rotatable bonds is 7. The van der Waals surface area contributed by atoms with Crippen molar-refractivity contribution in [1.29, 1.82) is 5.26 Å². The fourth-order valence-corrected chi connectivity index (χ4v) is 5.73. The van der Waals surface area contributed by atoms with Gasteiger partial charge in [-0.3, -0.25) is 9.59 Å². The lowest BCUT2D eigenvalue weighted by molar-refractivity contribution is -0.152. The number of thioether (sulfide) groups is 1. The van der Waals surface area contributed by atoms with E-state index in [1.807, 2.05) is 35.7 Å². The lowest BCUT2D eigenvalue weighted by Crippen LogP contribution is -2.52. The molecule has 1 aliphatic rings. The predicted octanol–water partition coefficient (Wildman–Crippen LogP) is 4.72. The van der Waals surface area contributed by atoms with E-state index >= 15 is 0 Å². The molecule has 0 radical (unpaired) electrons. The number of hydrogen-bond donors (Lipinski definition) is 1. The molecule has 2 aromatic heterocycles. The van der Waals surface area contributed by atoms with Crippen molar-refractivity contribution >= 4 is 45.2 Å². The zero-order valence-corrected chi connectivity index (χ0v) is 19.9. The first-order valence-electron chi connectivity index (χ1n) is 10.8. The highest BCUT2D eigenvalue weighted by Crippen LogP contribution is 2.37. The number of thiophene rings is 1. The number of carbonyl (C=O) groups excluding carboxylic acids is 2. The van der Waals surface area contributed by atoms with Gasteiger partial charge in [0, 0.05) is 10.9 Å². The second kappa shape index (κ2) is 10.3. The Kier molecular flexibility index (Phi) is 7.26. The molecule has 0 aliphatic heterocycles. The normalized spacial score (nSPS) is 16.0. The number of nitrogens with zero attached hydrogens (tertiary/aromatic N) is 3. The molecule has 2 heterocycles. The number of hydrogen-bond acceptors (Lipinski definition) is 8. The molecule has 1 saturated carbocycles. The molecule has 7 nitrogen and oxygen atoms in total. The Hall–Kier alpha value is -2.96. The van der Waals surface area contributed by atoms with Crippen LogP contribution in [0.2, 0.25) is 0 Å². The van der Waals surface area contributed by atoms with Crippen LogP contribution in [-0.4, -0.2) is 39.2 Å². The number of fused-ring (bicyclic) bond motifs is 1. The van der Waals surface area contributed by atoms with Crippen molar-refractivity contribution in [2.45, 2.75) is 55.7 Å². The minimum atomic E-state index is -0.975. The third-order valence-corrected chi connectivity index (χ3v) is 7.56. The summed E-state index contributed by atoms with van der Waals surface area (Å²) in [6.07, 6.45) is 4.63. The SMILES string of the molecule is CC(OC(=O)CSc1ncnc2scc(-c3ccccc3)c12)C(=O)NC1(C#N)CCCCC1. The Bertz CT molecular complexity index is 1180.